The molecule has 1 heterocycles. The first-order valence-corrected chi connectivity index (χ1v) is 7.37. The Morgan fingerprint density at radius 3 is 3.00 bits per heavy atom. The van der Waals surface area contributed by atoms with E-state index >= 15 is 0 Å². The van der Waals surface area contributed by atoms with Gasteiger partial charge in [-0.3, -0.25) is 0 Å². The van der Waals surface area contributed by atoms with Gasteiger partial charge in [0, 0.05) is 17.2 Å². The summed E-state index contributed by atoms with van der Waals surface area (Å²) in [5, 5.41) is 7.25. The zero-order valence-corrected chi connectivity index (χ0v) is 11.6. The maximum Gasteiger partial charge on any atom is 0.0346 e. The highest BCUT2D eigenvalue weighted by Crippen LogP contribution is 2.32. The standard InChI is InChI=1S/C16H19NS/c1-3-5-9-15(17-11-4-2)14-12-18-16-10-7-6-8-13(14)16/h1,6-8,10,12,15,17H,4-5,9,11H2,2H3. The van der Waals surface area contributed by atoms with Crippen LogP contribution in [0.5, 0.6) is 0 Å². The second-order valence-electron chi connectivity index (χ2n) is 4.44. The Labute approximate surface area is 113 Å². The van der Waals surface area contributed by atoms with E-state index < -0.39 is 0 Å². The first-order valence-electron chi connectivity index (χ1n) is 6.49. The molecule has 1 nitrogen and oxygen atoms in total. The highest BCUT2D eigenvalue weighted by Gasteiger charge is 2.14. The SMILES string of the molecule is C#CCCC(NCCC)c1csc2ccccc12. The molecule has 94 valence electrons. The van der Waals surface area contributed by atoms with Gasteiger partial charge in [-0.2, -0.15) is 0 Å². The van der Waals surface area contributed by atoms with Gasteiger partial charge < -0.3 is 5.32 Å². The van der Waals surface area contributed by atoms with Crippen LogP contribution >= 0.6 is 11.3 Å². The zero-order chi connectivity index (χ0) is 12.8. The maximum absolute atomic E-state index is 5.40. The Hall–Kier alpha value is -1.30. The van der Waals surface area contributed by atoms with E-state index in [1.165, 1.54) is 15.6 Å². The molecular formula is C16H19NS. The Kier molecular flexibility index (Phi) is 4.81. The van der Waals surface area contributed by atoms with E-state index in [0.717, 1.165) is 25.8 Å². The van der Waals surface area contributed by atoms with Gasteiger partial charge in [0.25, 0.3) is 0 Å². The molecule has 0 spiro atoms. The lowest BCUT2D eigenvalue weighted by Gasteiger charge is -2.17. The summed E-state index contributed by atoms with van der Waals surface area (Å²) in [6.07, 6.45) is 8.38. The van der Waals surface area contributed by atoms with E-state index in [0.29, 0.717) is 6.04 Å². The number of hydrogen-bond donors (Lipinski definition) is 1. The molecule has 0 aliphatic heterocycles. The Morgan fingerprint density at radius 1 is 1.39 bits per heavy atom. The van der Waals surface area contributed by atoms with Crippen molar-refractivity contribution >= 4 is 21.4 Å². The Morgan fingerprint density at radius 2 is 2.22 bits per heavy atom. The number of nitrogens with one attached hydrogen (secondary N) is 1. The van der Waals surface area contributed by atoms with Gasteiger partial charge in [-0.05, 0) is 41.8 Å². The van der Waals surface area contributed by atoms with Gasteiger partial charge in [-0.25, -0.2) is 0 Å². The van der Waals surface area contributed by atoms with E-state index in [-0.39, 0.29) is 0 Å². The summed E-state index contributed by atoms with van der Waals surface area (Å²) >= 11 is 1.82. The Balaban J connectivity index is 2.26. The van der Waals surface area contributed by atoms with Crippen molar-refractivity contribution in [1.82, 2.24) is 5.32 Å². The molecule has 0 amide bonds. The van der Waals surface area contributed by atoms with Crippen LogP contribution in [0.15, 0.2) is 29.6 Å². The molecule has 0 aliphatic carbocycles. The predicted octanol–water partition coefficient (Wildman–Crippen LogP) is 4.36. The summed E-state index contributed by atoms with van der Waals surface area (Å²) in [7, 11) is 0. The molecule has 2 heteroatoms. The summed E-state index contributed by atoms with van der Waals surface area (Å²) in [6, 6.07) is 8.98. The molecule has 1 aromatic carbocycles. The van der Waals surface area contributed by atoms with Crippen molar-refractivity contribution in [3.05, 3.63) is 35.2 Å². The minimum absolute atomic E-state index is 0.386. The molecule has 2 aromatic rings. The lowest BCUT2D eigenvalue weighted by Crippen LogP contribution is -2.21. The molecule has 0 aliphatic rings. The van der Waals surface area contributed by atoms with Gasteiger partial charge in [0.05, 0.1) is 0 Å². The lowest BCUT2D eigenvalue weighted by molar-refractivity contribution is 0.509. The van der Waals surface area contributed by atoms with Crippen LogP contribution in [0.4, 0.5) is 0 Å². The second-order valence-corrected chi connectivity index (χ2v) is 5.35. The topological polar surface area (TPSA) is 12.0 Å². The summed E-state index contributed by atoms with van der Waals surface area (Å²) in [5.41, 5.74) is 1.40. The molecule has 0 radical (unpaired) electrons. The normalized spacial score (nSPS) is 12.4. The second kappa shape index (κ2) is 6.58. The van der Waals surface area contributed by atoms with E-state index in [9.17, 15) is 0 Å². The van der Waals surface area contributed by atoms with Crippen LogP contribution in [-0.4, -0.2) is 6.54 Å². The smallest absolute Gasteiger partial charge is 0.0346 e. The summed E-state index contributed by atoms with van der Waals surface area (Å²) in [5.74, 6) is 2.75. The van der Waals surface area contributed by atoms with Crippen LogP contribution in [0.2, 0.25) is 0 Å². The summed E-state index contributed by atoms with van der Waals surface area (Å²) in [4.78, 5) is 0. The molecule has 1 atom stereocenters. The van der Waals surface area contributed by atoms with Crippen LogP contribution < -0.4 is 5.32 Å². The zero-order valence-electron chi connectivity index (χ0n) is 10.8. The fourth-order valence-electron chi connectivity index (χ4n) is 2.18. The molecule has 0 bridgehead atoms. The number of fused-ring (bicyclic) bond motifs is 1. The van der Waals surface area contributed by atoms with Crippen LogP contribution in [0.25, 0.3) is 10.1 Å². The quantitative estimate of drug-likeness (QED) is 0.758. The summed E-state index contributed by atoms with van der Waals surface area (Å²) in [6.45, 7) is 3.23. The number of rotatable bonds is 6. The summed E-state index contributed by atoms with van der Waals surface area (Å²) < 4.78 is 1.36. The average molecular weight is 257 g/mol. The average Bonchev–Trinajstić information content (AvgIpc) is 2.83. The van der Waals surface area contributed by atoms with Gasteiger partial charge in [0.2, 0.25) is 0 Å². The fourth-order valence-corrected chi connectivity index (χ4v) is 3.20. The molecule has 0 saturated carbocycles. The van der Waals surface area contributed by atoms with E-state index in [4.69, 9.17) is 6.42 Å². The molecule has 1 N–H and O–H groups in total. The largest absolute Gasteiger partial charge is 0.310 e. The highest BCUT2D eigenvalue weighted by atomic mass is 32.1. The fraction of sp³-hybridized carbons (Fsp3) is 0.375. The van der Waals surface area contributed by atoms with Crippen molar-refractivity contribution in [1.29, 1.82) is 0 Å². The first-order chi connectivity index (χ1) is 8.86. The van der Waals surface area contributed by atoms with Crippen molar-refractivity contribution in [2.75, 3.05) is 6.54 Å². The third kappa shape index (κ3) is 2.93. The van der Waals surface area contributed by atoms with Gasteiger partial charge in [0.1, 0.15) is 0 Å². The number of thiophene rings is 1. The molecular weight excluding hydrogens is 238 g/mol. The van der Waals surface area contributed by atoms with Gasteiger partial charge in [0.15, 0.2) is 0 Å². The lowest BCUT2D eigenvalue weighted by atomic mass is 10.0. The van der Waals surface area contributed by atoms with Crippen LogP contribution in [-0.2, 0) is 0 Å². The third-order valence-electron chi connectivity index (χ3n) is 3.10. The van der Waals surface area contributed by atoms with E-state index in [1.54, 1.807) is 0 Å². The van der Waals surface area contributed by atoms with Crippen molar-refractivity contribution < 1.29 is 0 Å². The van der Waals surface area contributed by atoms with Gasteiger partial charge in [-0.15, -0.1) is 23.7 Å². The van der Waals surface area contributed by atoms with Crippen molar-refractivity contribution in [3.8, 4) is 12.3 Å². The van der Waals surface area contributed by atoms with E-state index in [1.807, 2.05) is 11.3 Å². The molecule has 18 heavy (non-hydrogen) atoms. The minimum atomic E-state index is 0.386. The number of hydrogen-bond acceptors (Lipinski definition) is 2. The number of terminal acetylenes is 1. The van der Waals surface area contributed by atoms with Crippen molar-refractivity contribution in [2.45, 2.75) is 32.2 Å². The van der Waals surface area contributed by atoms with Gasteiger partial charge in [-0.1, -0.05) is 25.1 Å². The van der Waals surface area contributed by atoms with Crippen LogP contribution in [0.3, 0.4) is 0 Å². The van der Waals surface area contributed by atoms with Gasteiger partial charge >= 0.3 is 0 Å². The highest BCUT2D eigenvalue weighted by molar-refractivity contribution is 7.17. The predicted molar refractivity (Wildman–Crippen MR) is 80.9 cm³/mol. The minimum Gasteiger partial charge on any atom is -0.310 e. The molecule has 1 unspecified atom stereocenters. The van der Waals surface area contributed by atoms with Crippen LogP contribution in [0, 0.1) is 12.3 Å². The van der Waals surface area contributed by atoms with Crippen molar-refractivity contribution in [2.24, 2.45) is 0 Å². The monoisotopic (exact) mass is 257 g/mol. The van der Waals surface area contributed by atoms with Crippen molar-refractivity contribution in [3.63, 3.8) is 0 Å². The number of benzene rings is 1. The van der Waals surface area contributed by atoms with E-state index in [2.05, 4.69) is 47.8 Å². The molecule has 0 saturated heterocycles. The molecule has 0 fully saturated rings. The first kappa shape index (κ1) is 13.1. The van der Waals surface area contributed by atoms with Crippen LogP contribution in [0.1, 0.15) is 37.8 Å². The maximum atomic E-state index is 5.40. The molecule has 1 aromatic heterocycles. The Bertz CT molecular complexity index is 535. The third-order valence-corrected chi connectivity index (χ3v) is 4.09. The molecule has 2 rings (SSSR count).